The van der Waals surface area contributed by atoms with Gasteiger partial charge in [0.2, 0.25) is 0 Å². The van der Waals surface area contributed by atoms with Crippen LogP contribution in [0.25, 0.3) is 0 Å². The summed E-state index contributed by atoms with van der Waals surface area (Å²) in [6, 6.07) is 6.25. The largest absolute Gasteiger partial charge is 0.465 e. The number of non-ortho nitro benzene ring substituents is 1. The summed E-state index contributed by atoms with van der Waals surface area (Å²) < 4.78 is 0. The maximum absolute atomic E-state index is 11.0. The zero-order valence-electron chi connectivity index (χ0n) is 10.5. The molecule has 0 heterocycles. The molecule has 0 bridgehead atoms. The van der Waals surface area contributed by atoms with Crippen molar-refractivity contribution in [2.45, 2.75) is 37.6 Å². The van der Waals surface area contributed by atoms with Gasteiger partial charge in [-0.2, -0.15) is 0 Å². The number of nitro benzene ring substituents is 1. The van der Waals surface area contributed by atoms with E-state index in [2.05, 4.69) is 5.32 Å². The zero-order valence-corrected chi connectivity index (χ0v) is 10.5. The summed E-state index contributed by atoms with van der Waals surface area (Å²) in [4.78, 5) is 21.4. The zero-order chi connectivity index (χ0) is 13.9. The first kappa shape index (κ1) is 13.3. The van der Waals surface area contributed by atoms with Crippen LogP contribution < -0.4 is 5.32 Å². The Labute approximate surface area is 110 Å². The van der Waals surface area contributed by atoms with Crippen molar-refractivity contribution in [3.63, 3.8) is 0 Å². The molecule has 1 amide bonds. The number of amides is 1. The van der Waals surface area contributed by atoms with Gasteiger partial charge in [-0.1, -0.05) is 31.4 Å². The second-order valence-corrected chi connectivity index (χ2v) is 4.88. The summed E-state index contributed by atoms with van der Waals surface area (Å²) >= 11 is 0. The maximum Gasteiger partial charge on any atom is 0.405 e. The van der Waals surface area contributed by atoms with Crippen LogP contribution in [0.1, 0.15) is 37.7 Å². The first-order valence-corrected chi connectivity index (χ1v) is 6.29. The molecule has 0 saturated heterocycles. The van der Waals surface area contributed by atoms with Gasteiger partial charge in [-0.05, 0) is 18.4 Å². The van der Waals surface area contributed by atoms with E-state index in [1.54, 1.807) is 12.1 Å². The van der Waals surface area contributed by atoms with E-state index >= 15 is 0 Å². The van der Waals surface area contributed by atoms with Crippen molar-refractivity contribution in [3.8, 4) is 0 Å². The van der Waals surface area contributed by atoms with E-state index in [4.69, 9.17) is 5.11 Å². The number of benzene rings is 1. The number of hydrogen-bond donors (Lipinski definition) is 2. The molecule has 1 aliphatic rings. The van der Waals surface area contributed by atoms with Crippen LogP contribution in [0.3, 0.4) is 0 Å². The Morgan fingerprint density at radius 1 is 1.32 bits per heavy atom. The minimum atomic E-state index is -1.09. The van der Waals surface area contributed by atoms with Crippen LogP contribution >= 0.6 is 0 Å². The fourth-order valence-corrected chi connectivity index (χ4v) is 2.76. The van der Waals surface area contributed by atoms with Crippen molar-refractivity contribution in [2.24, 2.45) is 0 Å². The van der Waals surface area contributed by atoms with Gasteiger partial charge >= 0.3 is 6.09 Å². The number of carboxylic acid groups (broad SMARTS) is 1. The molecule has 0 unspecified atom stereocenters. The molecule has 1 fully saturated rings. The van der Waals surface area contributed by atoms with E-state index in [1.165, 1.54) is 12.1 Å². The average Bonchev–Trinajstić information content (AvgIpc) is 2.39. The molecular formula is C13H16N2O4. The lowest BCUT2D eigenvalue weighted by atomic mass is 9.76. The summed E-state index contributed by atoms with van der Waals surface area (Å²) in [6.07, 6.45) is 3.18. The van der Waals surface area contributed by atoms with E-state index in [1.807, 2.05) is 0 Å². The first-order chi connectivity index (χ1) is 9.03. The molecule has 0 atom stereocenters. The standard InChI is InChI=1S/C13H16N2O4/c16-12(17)14-13(7-2-1-3-8-13)10-5-4-6-11(9-10)15(18)19/h4-6,9,14H,1-3,7-8H2,(H,16,17). The fraction of sp³-hybridized carbons (Fsp3) is 0.462. The lowest BCUT2D eigenvalue weighted by molar-refractivity contribution is -0.385. The predicted octanol–water partition coefficient (Wildman–Crippen LogP) is 3.02. The highest BCUT2D eigenvalue weighted by molar-refractivity contribution is 5.66. The number of carbonyl (C=O) groups is 1. The summed E-state index contributed by atoms with van der Waals surface area (Å²) in [5, 5.41) is 22.4. The monoisotopic (exact) mass is 264 g/mol. The highest BCUT2D eigenvalue weighted by Gasteiger charge is 2.36. The smallest absolute Gasteiger partial charge is 0.405 e. The maximum atomic E-state index is 11.0. The molecule has 0 radical (unpaired) electrons. The lowest BCUT2D eigenvalue weighted by Gasteiger charge is -2.37. The van der Waals surface area contributed by atoms with E-state index in [9.17, 15) is 14.9 Å². The predicted molar refractivity (Wildman–Crippen MR) is 69.0 cm³/mol. The van der Waals surface area contributed by atoms with Gasteiger partial charge in [0.25, 0.3) is 5.69 Å². The summed E-state index contributed by atoms with van der Waals surface area (Å²) in [5.74, 6) is 0. The van der Waals surface area contributed by atoms with Crippen molar-refractivity contribution in [3.05, 3.63) is 39.9 Å². The summed E-state index contributed by atoms with van der Waals surface area (Å²) in [5.41, 5.74) is -0.00531. The SMILES string of the molecule is O=C(O)NC1(c2cccc([N+](=O)[O-])c2)CCCCC1. The molecule has 0 spiro atoms. The third kappa shape index (κ3) is 2.83. The van der Waals surface area contributed by atoms with Crippen molar-refractivity contribution in [2.75, 3.05) is 0 Å². The van der Waals surface area contributed by atoms with Gasteiger partial charge in [0.05, 0.1) is 10.5 Å². The molecular weight excluding hydrogens is 248 g/mol. The molecule has 6 heteroatoms. The quantitative estimate of drug-likeness (QED) is 0.648. The number of rotatable bonds is 3. The van der Waals surface area contributed by atoms with Crippen molar-refractivity contribution < 1.29 is 14.8 Å². The van der Waals surface area contributed by atoms with Gasteiger partial charge in [-0.3, -0.25) is 10.1 Å². The molecule has 1 aliphatic carbocycles. The summed E-state index contributed by atoms with van der Waals surface area (Å²) in [6.45, 7) is 0. The Morgan fingerprint density at radius 2 is 2.00 bits per heavy atom. The fourth-order valence-electron chi connectivity index (χ4n) is 2.76. The van der Waals surface area contributed by atoms with Crippen LogP contribution in [0.2, 0.25) is 0 Å². The third-order valence-electron chi connectivity index (χ3n) is 3.66. The Kier molecular flexibility index (Phi) is 3.69. The van der Waals surface area contributed by atoms with Crippen LogP contribution in [0.4, 0.5) is 10.5 Å². The van der Waals surface area contributed by atoms with Crippen molar-refractivity contribution >= 4 is 11.8 Å². The molecule has 2 rings (SSSR count). The highest BCUT2D eigenvalue weighted by atomic mass is 16.6. The number of hydrogen-bond acceptors (Lipinski definition) is 3. The Hall–Kier alpha value is -2.11. The van der Waals surface area contributed by atoms with E-state index in [-0.39, 0.29) is 5.69 Å². The third-order valence-corrected chi connectivity index (χ3v) is 3.66. The van der Waals surface area contributed by atoms with E-state index < -0.39 is 16.6 Å². The number of nitrogens with one attached hydrogen (secondary N) is 1. The van der Waals surface area contributed by atoms with Gasteiger partial charge in [-0.25, -0.2) is 4.79 Å². The van der Waals surface area contributed by atoms with Gasteiger partial charge < -0.3 is 10.4 Å². The van der Waals surface area contributed by atoms with Gasteiger partial charge in [0.1, 0.15) is 0 Å². The molecule has 2 N–H and O–H groups in total. The van der Waals surface area contributed by atoms with Crippen LogP contribution in [0, 0.1) is 10.1 Å². The van der Waals surface area contributed by atoms with Crippen molar-refractivity contribution in [1.29, 1.82) is 0 Å². The lowest BCUT2D eigenvalue weighted by Crippen LogP contribution is -2.46. The first-order valence-electron chi connectivity index (χ1n) is 6.29. The van der Waals surface area contributed by atoms with Crippen molar-refractivity contribution in [1.82, 2.24) is 5.32 Å². The van der Waals surface area contributed by atoms with Crippen LogP contribution in [0.5, 0.6) is 0 Å². The Morgan fingerprint density at radius 3 is 2.58 bits per heavy atom. The van der Waals surface area contributed by atoms with Crippen LogP contribution in [-0.4, -0.2) is 16.1 Å². The van der Waals surface area contributed by atoms with Gasteiger partial charge in [-0.15, -0.1) is 0 Å². The molecule has 6 nitrogen and oxygen atoms in total. The minimum Gasteiger partial charge on any atom is -0.465 e. The molecule has 0 aromatic heterocycles. The van der Waals surface area contributed by atoms with Crippen LogP contribution in [-0.2, 0) is 5.54 Å². The molecule has 1 saturated carbocycles. The normalized spacial score (nSPS) is 17.7. The van der Waals surface area contributed by atoms with Gasteiger partial charge in [0.15, 0.2) is 0 Å². The topological polar surface area (TPSA) is 92.5 Å². The minimum absolute atomic E-state index is 0.00497. The van der Waals surface area contributed by atoms with Crippen LogP contribution in [0.15, 0.2) is 24.3 Å². The highest BCUT2D eigenvalue weighted by Crippen LogP contribution is 2.38. The Balaban J connectivity index is 2.39. The number of nitrogens with zero attached hydrogens (tertiary/aromatic N) is 1. The number of nitro groups is 1. The van der Waals surface area contributed by atoms with E-state index in [0.717, 1.165) is 19.3 Å². The van der Waals surface area contributed by atoms with Gasteiger partial charge in [0, 0.05) is 12.1 Å². The second-order valence-electron chi connectivity index (χ2n) is 4.88. The summed E-state index contributed by atoms with van der Waals surface area (Å²) in [7, 11) is 0. The second kappa shape index (κ2) is 5.26. The molecule has 102 valence electrons. The molecule has 19 heavy (non-hydrogen) atoms. The molecule has 1 aromatic carbocycles. The van der Waals surface area contributed by atoms with E-state index in [0.29, 0.717) is 18.4 Å². The molecule has 0 aliphatic heterocycles. The Bertz CT molecular complexity index is 495. The average molecular weight is 264 g/mol. The molecule has 1 aromatic rings.